The molecule has 0 saturated heterocycles. The van der Waals surface area contributed by atoms with Gasteiger partial charge in [0.1, 0.15) is 0 Å². The Labute approximate surface area is 71.4 Å². The van der Waals surface area contributed by atoms with Crippen LogP contribution in [0, 0.1) is 5.92 Å². The van der Waals surface area contributed by atoms with Crippen LogP contribution in [0.4, 0.5) is 0 Å². The molecular formula is C9H20BN. The molecule has 0 aromatic carbocycles. The van der Waals surface area contributed by atoms with Crippen LogP contribution >= 0.6 is 0 Å². The highest BCUT2D eigenvalue weighted by molar-refractivity contribution is 6.04. The Balaban J connectivity index is 2.57. The SMILES string of the molecule is BNC1(C(C)C)CCCCC1. The summed E-state index contributed by atoms with van der Waals surface area (Å²) in [7, 11) is 2.12. The number of hydrogen-bond acceptors (Lipinski definition) is 1. The van der Waals surface area contributed by atoms with Crippen molar-refractivity contribution >= 4 is 7.98 Å². The molecule has 0 aromatic rings. The predicted octanol–water partition coefficient (Wildman–Crippen LogP) is 1.48. The minimum Gasteiger partial charge on any atom is -0.357 e. The zero-order chi connectivity index (χ0) is 8.32. The molecule has 0 unspecified atom stereocenters. The predicted molar refractivity (Wildman–Crippen MR) is 52.3 cm³/mol. The zero-order valence-corrected chi connectivity index (χ0v) is 8.11. The van der Waals surface area contributed by atoms with Crippen LogP contribution < -0.4 is 5.23 Å². The van der Waals surface area contributed by atoms with Gasteiger partial charge in [0, 0.05) is 5.54 Å². The first kappa shape index (κ1) is 9.12. The largest absolute Gasteiger partial charge is 0.357 e. The summed E-state index contributed by atoms with van der Waals surface area (Å²) in [5.41, 5.74) is 0.470. The summed E-state index contributed by atoms with van der Waals surface area (Å²) in [6.45, 7) is 4.67. The minimum absolute atomic E-state index is 0.470. The third kappa shape index (κ3) is 1.78. The molecule has 1 aliphatic carbocycles. The van der Waals surface area contributed by atoms with Crippen LogP contribution in [0.3, 0.4) is 0 Å². The van der Waals surface area contributed by atoms with Gasteiger partial charge in [-0.05, 0) is 18.8 Å². The Morgan fingerprint density at radius 3 is 2.00 bits per heavy atom. The maximum atomic E-state index is 3.52. The third-order valence-electron chi connectivity index (χ3n) is 3.35. The summed E-state index contributed by atoms with van der Waals surface area (Å²) < 4.78 is 0. The van der Waals surface area contributed by atoms with E-state index >= 15 is 0 Å². The van der Waals surface area contributed by atoms with Gasteiger partial charge in [-0.15, -0.1) is 0 Å². The number of nitrogens with one attached hydrogen (secondary N) is 1. The lowest BCUT2D eigenvalue weighted by Crippen LogP contribution is -2.49. The van der Waals surface area contributed by atoms with Crippen molar-refractivity contribution in [1.82, 2.24) is 5.23 Å². The van der Waals surface area contributed by atoms with E-state index in [9.17, 15) is 0 Å². The number of rotatable bonds is 2. The van der Waals surface area contributed by atoms with Crippen LogP contribution in [-0.2, 0) is 0 Å². The fraction of sp³-hybridized carbons (Fsp3) is 1.00. The molecule has 0 aromatic heterocycles. The first-order chi connectivity index (χ1) is 5.21. The van der Waals surface area contributed by atoms with E-state index in [4.69, 9.17) is 0 Å². The van der Waals surface area contributed by atoms with Crippen molar-refractivity contribution in [1.29, 1.82) is 0 Å². The van der Waals surface area contributed by atoms with E-state index in [1.54, 1.807) is 0 Å². The van der Waals surface area contributed by atoms with Crippen LogP contribution in [0.25, 0.3) is 0 Å². The maximum Gasteiger partial charge on any atom is 0.182 e. The van der Waals surface area contributed by atoms with Crippen molar-refractivity contribution in [2.75, 3.05) is 0 Å². The van der Waals surface area contributed by atoms with Gasteiger partial charge in [-0.1, -0.05) is 33.1 Å². The van der Waals surface area contributed by atoms with Crippen molar-refractivity contribution in [2.24, 2.45) is 5.92 Å². The standard InChI is InChI=1S/C9H20BN/c1-8(2)9(11-10)6-4-3-5-7-9/h8,11H,3-7,10H2,1-2H3. The maximum absolute atomic E-state index is 3.52. The van der Waals surface area contributed by atoms with Gasteiger partial charge in [-0.3, -0.25) is 0 Å². The van der Waals surface area contributed by atoms with Gasteiger partial charge >= 0.3 is 0 Å². The van der Waals surface area contributed by atoms with Gasteiger partial charge in [-0.25, -0.2) is 0 Å². The van der Waals surface area contributed by atoms with Gasteiger partial charge in [0.05, 0.1) is 0 Å². The molecule has 0 atom stereocenters. The molecule has 1 aliphatic rings. The molecule has 11 heavy (non-hydrogen) atoms. The molecule has 64 valence electrons. The molecule has 0 bridgehead atoms. The highest BCUT2D eigenvalue weighted by Crippen LogP contribution is 2.33. The van der Waals surface area contributed by atoms with Gasteiger partial charge in [0.2, 0.25) is 0 Å². The smallest absolute Gasteiger partial charge is 0.182 e. The lowest BCUT2D eigenvalue weighted by Gasteiger charge is -2.41. The van der Waals surface area contributed by atoms with Crippen molar-refractivity contribution in [3.05, 3.63) is 0 Å². The average molecular weight is 153 g/mol. The van der Waals surface area contributed by atoms with Crippen LogP contribution in [0.1, 0.15) is 46.0 Å². The molecule has 0 aliphatic heterocycles. The van der Waals surface area contributed by atoms with Crippen molar-refractivity contribution in [3.8, 4) is 0 Å². The van der Waals surface area contributed by atoms with Crippen LogP contribution in [0.2, 0.25) is 0 Å². The van der Waals surface area contributed by atoms with Crippen molar-refractivity contribution in [2.45, 2.75) is 51.5 Å². The highest BCUT2D eigenvalue weighted by atomic mass is 14.9. The Kier molecular flexibility index (Phi) is 3.00. The monoisotopic (exact) mass is 153 g/mol. The third-order valence-corrected chi connectivity index (χ3v) is 3.35. The molecule has 0 heterocycles. The topological polar surface area (TPSA) is 12.0 Å². The summed E-state index contributed by atoms with van der Waals surface area (Å²) >= 11 is 0. The second kappa shape index (κ2) is 3.62. The van der Waals surface area contributed by atoms with Crippen LogP contribution in [0.5, 0.6) is 0 Å². The van der Waals surface area contributed by atoms with E-state index in [1.165, 1.54) is 32.1 Å². The summed E-state index contributed by atoms with van der Waals surface area (Å²) in [5.74, 6) is 0.785. The molecule has 2 heteroatoms. The second-order valence-electron chi connectivity index (χ2n) is 4.12. The van der Waals surface area contributed by atoms with E-state index in [2.05, 4.69) is 27.1 Å². The Morgan fingerprint density at radius 2 is 1.73 bits per heavy atom. The lowest BCUT2D eigenvalue weighted by atomic mass is 9.73. The minimum atomic E-state index is 0.470. The van der Waals surface area contributed by atoms with E-state index in [0.29, 0.717) is 5.54 Å². The molecule has 1 nitrogen and oxygen atoms in total. The Morgan fingerprint density at radius 1 is 1.18 bits per heavy atom. The van der Waals surface area contributed by atoms with Crippen LogP contribution in [0.15, 0.2) is 0 Å². The van der Waals surface area contributed by atoms with Crippen LogP contribution in [-0.4, -0.2) is 13.5 Å². The molecular weight excluding hydrogens is 133 g/mol. The van der Waals surface area contributed by atoms with E-state index < -0.39 is 0 Å². The summed E-state index contributed by atoms with van der Waals surface area (Å²) in [6.07, 6.45) is 7.02. The second-order valence-corrected chi connectivity index (χ2v) is 4.12. The number of hydrogen-bond donors (Lipinski definition) is 1. The van der Waals surface area contributed by atoms with Crippen molar-refractivity contribution < 1.29 is 0 Å². The Hall–Kier alpha value is 0.0249. The first-order valence-corrected chi connectivity index (χ1v) is 4.90. The van der Waals surface area contributed by atoms with Gasteiger partial charge < -0.3 is 5.23 Å². The Bertz CT molecular complexity index is 117. The zero-order valence-electron chi connectivity index (χ0n) is 8.11. The van der Waals surface area contributed by atoms with E-state index in [-0.39, 0.29) is 0 Å². The highest BCUT2D eigenvalue weighted by Gasteiger charge is 2.32. The molecule has 1 rings (SSSR count). The van der Waals surface area contributed by atoms with E-state index in [1.807, 2.05) is 0 Å². The van der Waals surface area contributed by atoms with E-state index in [0.717, 1.165) is 5.92 Å². The van der Waals surface area contributed by atoms with Gasteiger partial charge in [0.15, 0.2) is 7.98 Å². The first-order valence-electron chi connectivity index (χ1n) is 4.90. The normalized spacial score (nSPS) is 23.9. The summed E-state index contributed by atoms with van der Waals surface area (Å²) in [4.78, 5) is 0. The summed E-state index contributed by atoms with van der Waals surface area (Å²) in [6, 6.07) is 0. The molecule has 0 radical (unpaired) electrons. The molecule has 1 saturated carbocycles. The molecule has 0 spiro atoms. The van der Waals surface area contributed by atoms with Gasteiger partial charge in [0.25, 0.3) is 0 Å². The average Bonchev–Trinajstić information content (AvgIpc) is 2.05. The lowest BCUT2D eigenvalue weighted by molar-refractivity contribution is 0.200. The quantitative estimate of drug-likeness (QED) is 0.592. The molecule has 1 fully saturated rings. The summed E-state index contributed by atoms with van der Waals surface area (Å²) in [5, 5.41) is 3.52. The van der Waals surface area contributed by atoms with Crippen molar-refractivity contribution in [3.63, 3.8) is 0 Å². The fourth-order valence-corrected chi connectivity index (χ4v) is 2.30. The molecule has 1 N–H and O–H groups in total. The fourth-order valence-electron chi connectivity index (χ4n) is 2.30. The molecule has 0 amide bonds. The van der Waals surface area contributed by atoms with Gasteiger partial charge in [-0.2, -0.15) is 0 Å².